The Morgan fingerprint density at radius 3 is 2.92 bits per heavy atom. The third kappa shape index (κ3) is 3.23. The predicted octanol–water partition coefficient (Wildman–Crippen LogP) is 2.59. The monoisotopic (exact) mass is 349 g/mol. The number of aromatic amines is 1. The van der Waals surface area contributed by atoms with E-state index in [-0.39, 0.29) is 11.6 Å². The molecule has 0 bridgehead atoms. The molecule has 5 nitrogen and oxygen atoms in total. The Bertz CT molecular complexity index is 996. The van der Waals surface area contributed by atoms with Crippen molar-refractivity contribution in [2.24, 2.45) is 5.73 Å². The highest BCUT2D eigenvalue weighted by Crippen LogP contribution is 2.23. The van der Waals surface area contributed by atoms with E-state index in [9.17, 15) is 4.79 Å². The lowest BCUT2D eigenvalue weighted by atomic mass is 10.0. The zero-order chi connectivity index (χ0) is 18.1. The smallest absolute Gasteiger partial charge is 0.252 e. The second kappa shape index (κ2) is 6.94. The first-order valence-corrected chi connectivity index (χ1v) is 8.90. The summed E-state index contributed by atoms with van der Waals surface area (Å²) in [4.78, 5) is 17.7. The summed E-state index contributed by atoms with van der Waals surface area (Å²) >= 11 is 0. The van der Waals surface area contributed by atoms with Crippen molar-refractivity contribution in [3.8, 4) is 5.75 Å². The van der Waals surface area contributed by atoms with Crippen molar-refractivity contribution >= 4 is 10.9 Å². The van der Waals surface area contributed by atoms with Crippen LogP contribution in [0.4, 0.5) is 0 Å². The highest BCUT2D eigenvalue weighted by molar-refractivity contribution is 5.80. The summed E-state index contributed by atoms with van der Waals surface area (Å²) < 4.78 is 5.29. The normalized spacial score (nSPS) is 17.7. The standard InChI is InChI=1S/C21H23N3O2/c1-26-17-6-7-20-15(11-17)10-16(21(25)23-20)12-24-9-8-14-4-2-3-5-18(14)19(22)13-24/h2-7,10-11,19H,8-9,12-13,22H2,1H3,(H,23,25). The van der Waals surface area contributed by atoms with Crippen LogP contribution in [0, 0.1) is 0 Å². The van der Waals surface area contributed by atoms with Gasteiger partial charge < -0.3 is 15.5 Å². The molecule has 1 aliphatic rings. The topological polar surface area (TPSA) is 71.4 Å². The Morgan fingerprint density at radius 1 is 1.23 bits per heavy atom. The average molecular weight is 349 g/mol. The molecule has 26 heavy (non-hydrogen) atoms. The quantitative estimate of drug-likeness (QED) is 0.762. The Labute approximate surface area is 152 Å². The molecule has 4 rings (SSSR count). The molecule has 2 aromatic carbocycles. The van der Waals surface area contributed by atoms with Crippen molar-refractivity contribution in [3.63, 3.8) is 0 Å². The van der Waals surface area contributed by atoms with E-state index in [0.717, 1.165) is 41.7 Å². The largest absolute Gasteiger partial charge is 0.497 e. The fraction of sp³-hybridized carbons (Fsp3) is 0.286. The maximum atomic E-state index is 12.5. The van der Waals surface area contributed by atoms with Crippen LogP contribution in [0.15, 0.2) is 53.3 Å². The molecule has 0 radical (unpaired) electrons. The lowest BCUT2D eigenvalue weighted by Gasteiger charge is -2.22. The number of nitrogens with one attached hydrogen (secondary N) is 1. The first-order valence-electron chi connectivity index (χ1n) is 8.90. The van der Waals surface area contributed by atoms with E-state index in [1.165, 1.54) is 11.1 Å². The molecule has 0 fully saturated rings. The zero-order valence-corrected chi connectivity index (χ0v) is 14.9. The maximum absolute atomic E-state index is 12.5. The zero-order valence-electron chi connectivity index (χ0n) is 14.9. The number of methoxy groups -OCH3 is 1. The van der Waals surface area contributed by atoms with Crippen LogP contribution in [0.2, 0.25) is 0 Å². The second-order valence-corrected chi connectivity index (χ2v) is 6.87. The van der Waals surface area contributed by atoms with Gasteiger partial charge >= 0.3 is 0 Å². The Kier molecular flexibility index (Phi) is 4.49. The van der Waals surface area contributed by atoms with Gasteiger partial charge in [-0.15, -0.1) is 0 Å². The fourth-order valence-electron chi connectivity index (χ4n) is 3.73. The molecular weight excluding hydrogens is 326 g/mol. The summed E-state index contributed by atoms with van der Waals surface area (Å²) in [6.07, 6.45) is 0.948. The predicted molar refractivity (Wildman–Crippen MR) is 103 cm³/mol. The summed E-state index contributed by atoms with van der Waals surface area (Å²) in [5.41, 5.74) is 10.5. The number of aromatic nitrogens is 1. The van der Waals surface area contributed by atoms with E-state index < -0.39 is 0 Å². The summed E-state index contributed by atoms with van der Waals surface area (Å²) in [6.45, 7) is 2.22. The van der Waals surface area contributed by atoms with Gasteiger partial charge in [0.05, 0.1) is 7.11 Å². The van der Waals surface area contributed by atoms with Gasteiger partial charge in [0.2, 0.25) is 0 Å². The third-order valence-corrected chi connectivity index (χ3v) is 5.13. The summed E-state index contributed by atoms with van der Waals surface area (Å²) in [6, 6.07) is 15.9. The maximum Gasteiger partial charge on any atom is 0.252 e. The number of H-pyrrole nitrogens is 1. The van der Waals surface area contributed by atoms with Crippen LogP contribution < -0.4 is 16.0 Å². The molecule has 0 saturated heterocycles. The molecule has 3 N–H and O–H groups in total. The third-order valence-electron chi connectivity index (χ3n) is 5.13. The number of nitrogens with zero attached hydrogens (tertiary/aromatic N) is 1. The first kappa shape index (κ1) is 16.8. The molecule has 134 valence electrons. The van der Waals surface area contributed by atoms with Gasteiger partial charge in [0.25, 0.3) is 5.56 Å². The molecule has 1 aromatic heterocycles. The number of benzene rings is 2. The molecule has 0 spiro atoms. The minimum absolute atomic E-state index is 0.0340. The molecule has 1 unspecified atom stereocenters. The number of rotatable bonds is 3. The van der Waals surface area contributed by atoms with E-state index in [0.29, 0.717) is 6.54 Å². The molecule has 0 amide bonds. The SMILES string of the molecule is COc1ccc2[nH]c(=O)c(CN3CCc4ccccc4C(N)C3)cc2c1. The summed E-state index contributed by atoms with van der Waals surface area (Å²) in [5.74, 6) is 0.780. The Hall–Kier alpha value is -2.63. The van der Waals surface area contributed by atoms with Crippen molar-refractivity contribution in [2.45, 2.75) is 19.0 Å². The van der Waals surface area contributed by atoms with Crippen LogP contribution in [0.25, 0.3) is 10.9 Å². The highest BCUT2D eigenvalue weighted by Gasteiger charge is 2.20. The number of hydrogen-bond donors (Lipinski definition) is 2. The van der Waals surface area contributed by atoms with Gasteiger partial charge in [-0.3, -0.25) is 9.69 Å². The summed E-state index contributed by atoms with van der Waals surface area (Å²) in [7, 11) is 1.64. The fourth-order valence-corrected chi connectivity index (χ4v) is 3.73. The minimum atomic E-state index is -0.0435. The van der Waals surface area contributed by atoms with E-state index in [4.69, 9.17) is 10.5 Å². The van der Waals surface area contributed by atoms with Gasteiger partial charge in [-0.25, -0.2) is 0 Å². The lowest BCUT2D eigenvalue weighted by Crippen LogP contribution is -2.33. The van der Waals surface area contributed by atoms with Gasteiger partial charge in [-0.05, 0) is 41.8 Å². The van der Waals surface area contributed by atoms with Gasteiger partial charge in [0.1, 0.15) is 5.75 Å². The van der Waals surface area contributed by atoms with Crippen molar-refractivity contribution in [2.75, 3.05) is 20.2 Å². The Morgan fingerprint density at radius 2 is 2.08 bits per heavy atom. The number of hydrogen-bond acceptors (Lipinski definition) is 4. The molecule has 1 atom stereocenters. The van der Waals surface area contributed by atoms with Crippen molar-refractivity contribution in [1.29, 1.82) is 0 Å². The van der Waals surface area contributed by atoms with E-state index in [1.807, 2.05) is 30.3 Å². The molecule has 5 heteroatoms. The van der Waals surface area contributed by atoms with Gasteiger partial charge in [-0.1, -0.05) is 24.3 Å². The van der Waals surface area contributed by atoms with E-state index in [2.05, 4.69) is 28.1 Å². The van der Waals surface area contributed by atoms with Crippen molar-refractivity contribution in [1.82, 2.24) is 9.88 Å². The van der Waals surface area contributed by atoms with Gasteiger partial charge in [0.15, 0.2) is 0 Å². The van der Waals surface area contributed by atoms with Gasteiger partial charge in [0, 0.05) is 42.1 Å². The minimum Gasteiger partial charge on any atom is -0.497 e. The van der Waals surface area contributed by atoms with Gasteiger partial charge in [-0.2, -0.15) is 0 Å². The highest BCUT2D eigenvalue weighted by atomic mass is 16.5. The van der Waals surface area contributed by atoms with E-state index in [1.54, 1.807) is 7.11 Å². The molecule has 1 aliphatic heterocycles. The number of nitrogens with two attached hydrogens (primary N) is 1. The van der Waals surface area contributed by atoms with Crippen LogP contribution in [-0.2, 0) is 13.0 Å². The van der Waals surface area contributed by atoms with E-state index >= 15 is 0 Å². The molecule has 0 aliphatic carbocycles. The Balaban J connectivity index is 1.61. The molecule has 0 saturated carbocycles. The summed E-state index contributed by atoms with van der Waals surface area (Å²) in [5, 5.41) is 0.973. The van der Waals surface area contributed by atoms with Crippen molar-refractivity contribution in [3.05, 3.63) is 75.6 Å². The molecule has 2 heterocycles. The first-order chi connectivity index (χ1) is 12.6. The van der Waals surface area contributed by atoms with Crippen molar-refractivity contribution < 1.29 is 4.74 Å². The average Bonchev–Trinajstić information content (AvgIpc) is 2.81. The number of ether oxygens (including phenoxy) is 1. The number of fused-ring (bicyclic) bond motifs is 2. The second-order valence-electron chi connectivity index (χ2n) is 6.87. The van der Waals surface area contributed by atoms with Crippen LogP contribution >= 0.6 is 0 Å². The molecular formula is C21H23N3O2. The van der Waals surface area contributed by atoms with Crippen LogP contribution in [-0.4, -0.2) is 30.1 Å². The van der Waals surface area contributed by atoms with Crippen LogP contribution in [0.3, 0.4) is 0 Å². The van der Waals surface area contributed by atoms with Crippen LogP contribution in [0.1, 0.15) is 22.7 Å². The van der Waals surface area contributed by atoms with Crippen LogP contribution in [0.5, 0.6) is 5.75 Å². The lowest BCUT2D eigenvalue weighted by molar-refractivity contribution is 0.260. The molecule has 3 aromatic rings. The number of pyridine rings is 1.